The summed E-state index contributed by atoms with van der Waals surface area (Å²) in [6.45, 7) is 0. The van der Waals surface area contributed by atoms with E-state index in [-0.39, 0.29) is 5.91 Å². The first-order valence-electron chi connectivity index (χ1n) is 5.56. The molecule has 0 bridgehead atoms. The number of alkyl halides is 1. The SMILES string of the molecule is O=C(CBr)Nc1ccc(Nc2ccccc2)cc1. The second-order valence-corrected chi connectivity index (χ2v) is 4.31. The van der Waals surface area contributed by atoms with Crippen molar-refractivity contribution in [2.24, 2.45) is 0 Å². The van der Waals surface area contributed by atoms with Crippen molar-refractivity contribution >= 4 is 38.9 Å². The number of amides is 1. The summed E-state index contributed by atoms with van der Waals surface area (Å²) in [6, 6.07) is 17.5. The van der Waals surface area contributed by atoms with Gasteiger partial charge in [0.1, 0.15) is 0 Å². The largest absolute Gasteiger partial charge is 0.356 e. The van der Waals surface area contributed by atoms with Gasteiger partial charge in [0.15, 0.2) is 0 Å². The molecule has 18 heavy (non-hydrogen) atoms. The molecule has 0 saturated carbocycles. The zero-order valence-electron chi connectivity index (χ0n) is 9.69. The Balaban J connectivity index is 2.02. The van der Waals surface area contributed by atoms with Gasteiger partial charge >= 0.3 is 0 Å². The highest BCUT2D eigenvalue weighted by Crippen LogP contribution is 2.18. The van der Waals surface area contributed by atoms with Crippen LogP contribution < -0.4 is 10.6 Å². The van der Waals surface area contributed by atoms with Crippen LogP contribution in [0.2, 0.25) is 0 Å². The highest BCUT2D eigenvalue weighted by molar-refractivity contribution is 9.09. The molecule has 0 saturated heterocycles. The monoisotopic (exact) mass is 304 g/mol. The van der Waals surface area contributed by atoms with Gasteiger partial charge in [-0.3, -0.25) is 4.79 Å². The number of carbonyl (C=O) groups is 1. The Morgan fingerprint density at radius 1 is 0.889 bits per heavy atom. The smallest absolute Gasteiger partial charge is 0.235 e. The van der Waals surface area contributed by atoms with Crippen LogP contribution in [0.4, 0.5) is 17.1 Å². The Morgan fingerprint density at radius 2 is 1.44 bits per heavy atom. The molecule has 0 spiro atoms. The van der Waals surface area contributed by atoms with Gasteiger partial charge in [-0.05, 0) is 36.4 Å². The molecule has 0 heterocycles. The maximum atomic E-state index is 11.2. The Hall–Kier alpha value is -1.81. The van der Waals surface area contributed by atoms with E-state index in [9.17, 15) is 4.79 Å². The average Bonchev–Trinajstić information content (AvgIpc) is 2.42. The molecule has 0 fully saturated rings. The quantitative estimate of drug-likeness (QED) is 0.844. The molecule has 2 rings (SSSR count). The number of nitrogens with one attached hydrogen (secondary N) is 2. The molecule has 92 valence electrons. The zero-order valence-corrected chi connectivity index (χ0v) is 11.3. The minimum atomic E-state index is -0.0567. The molecular formula is C14H13BrN2O. The number of para-hydroxylation sites is 1. The average molecular weight is 305 g/mol. The molecule has 2 aromatic carbocycles. The van der Waals surface area contributed by atoms with Gasteiger partial charge in [0.05, 0.1) is 5.33 Å². The summed E-state index contributed by atoms with van der Waals surface area (Å²) in [5, 5.41) is 6.35. The van der Waals surface area contributed by atoms with E-state index in [1.807, 2.05) is 54.6 Å². The van der Waals surface area contributed by atoms with Crippen LogP contribution in [0.15, 0.2) is 54.6 Å². The minimum absolute atomic E-state index is 0.0567. The molecule has 0 aromatic heterocycles. The maximum absolute atomic E-state index is 11.2. The predicted molar refractivity (Wildman–Crippen MR) is 78.6 cm³/mol. The molecular weight excluding hydrogens is 292 g/mol. The normalized spacial score (nSPS) is 9.83. The molecule has 0 aliphatic carbocycles. The maximum Gasteiger partial charge on any atom is 0.235 e. The van der Waals surface area contributed by atoms with Crippen molar-refractivity contribution in [3.63, 3.8) is 0 Å². The summed E-state index contributed by atoms with van der Waals surface area (Å²) in [5.74, 6) is -0.0567. The topological polar surface area (TPSA) is 41.1 Å². The fourth-order valence-corrected chi connectivity index (χ4v) is 1.66. The highest BCUT2D eigenvalue weighted by atomic mass is 79.9. The van der Waals surface area contributed by atoms with E-state index in [2.05, 4.69) is 26.6 Å². The van der Waals surface area contributed by atoms with Crippen LogP contribution in [0.5, 0.6) is 0 Å². The lowest BCUT2D eigenvalue weighted by Crippen LogP contribution is -2.11. The summed E-state index contributed by atoms with van der Waals surface area (Å²) in [7, 11) is 0. The van der Waals surface area contributed by atoms with Crippen molar-refractivity contribution in [2.45, 2.75) is 0 Å². The van der Waals surface area contributed by atoms with Crippen LogP contribution in [0, 0.1) is 0 Å². The fraction of sp³-hybridized carbons (Fsp3) is 0.0714. The molecule has 0 aliphatic rings. The van der Waals surface area contributed by atoms with Gasteiger partial charge in [-0.2, -0.15) is 0 Å². The van der Waals surface area contributed by atoms with Crippen LogP contribution in [-0.4, -0.2) is 11.2 Å². The van der Waals surface area contributed by atoms with Gasteiger partial charge in [-0.15, -0.1) is 0 Å². The Morgan fingerprint density at radius 3 is 2.06 bits per heavy atom. The third-order valence-electron chi connectivity index (χ3n) is 2.35. The molecule has 0 aliphatic heterocycles. The van der Waals surface area contributed by atoms with E-state index in [0.29, 0.717) is 5.33 Å². The van der Waals surface area contributed by atoms with Crippen LogP contribution in [-0.2, 0) is 4.79 Å². The number of benzene rings is 2. The van der Waals surface area contributed by atoms with Crippen LogP contribution in [0.1, 0.15) is 0 Å². The number of anilines is 3. The van der Waals surface area contributed by atoms with Crippen molar-refractivity contribution in [2.75, 3.05) is 16.0 Å². The van der Waals surface area contributed by atoms with Crippen molar-refractivity contribution < 1.29 is 4.79 Å². The lowest BCUT2D eigenvalue weighted by Gasteiger charge is -2.07. The van der Waals surface area contributed by atoms with Crippen molar-refractivity contribution in [1.82, 2.24) is 0 Å². The van der Waals surface area contributed by atoms with Crippen LogP contribution in [0.25, 0.3) is 0 Å². The first-order valence-corrected chi connectivity index (χ1v) is 6.68. The Bertz CT molecular complexity index is 511. The zero-order chi connectivity index (χ0) is 12.8. The standard InChI is InChI=1S/C14H13BrN2O/c15-10-14(18)17-13-8-6-12(7-9-13)16-11-4-2-1-3-5-11/h1-9,16H,10H2,(H,17,18). The summed E-state index contributed by atoms with van der Waals surface area (Å²) >= 11 is 3.11. The number of hydrogen-bond donors (Lipinski definition) is 2. The molecule has 4 heteroatoms. The number of halogens is 1. The van der Waals surface area contributed by atoms with Gasteiger partial charge in [-0.1, -0.05) is 34.1 Å². The summed E-state index contributed by atoms with van der Waals surface area (Å²) in [6.07, 6.45) is 0. The van der Waals surface area contributed by atoms with E-state index in [0.717, 1.165) is 17.1 Å². The summed E-state index contributed by atoms with van der Waals surface area (Å²) < 4.78 is 0. The molecule has 0 unspecified atom stereocenters. The van der Waals surface area contributed by atoms with E-state index in [4.69, 9.17) is 0 Å². The van der Waals surface area contributed by atoms with E-state index in [1.165, 1.54) is 0 Å². The first-order chi connectivity index (χ1) is 8.78. The lowest BCUT2D eigenvalue weighted by atomic mass is 10.2. The molecule has 3 nitrogen and oxygen atoms in total. The van der Waals surface area contributed by atoms with Crippen LogP contribution >= 0.6 is 15.9 Å². The second kappa shape index (κ2) is 6.21. The van der Waals surface area contributed by atoms with Gasteiger partial charge in [0, 0.05) is 17.1 Å². The Labute approximate surface area is 114 Å². The molecule has 0 radical (unpaired) electrons. The summed E-state index contributed by atoms with van der Waals surface area (Å²) in [5.41, 5.74) is 2.81. The Kier molecular flexibility index (Phi) is 4.36. The minimum Gasteiger partial charge on any atom is -0.356 e. The van der Waals surface area contributed by atoms with Crippen molar-refractivity contribution in [3.8, 4) is 0 Å². The van der Waals surface area contributed by atoms with Crippen LogP contribution in [0.3, 0.4) is 0 Å². The van der Waals surface area contributed by atoms with Gasteiger partial charge in [0.25, 0.3) is 0 Å². The van der Waals surface area contributed by atoms with E-state index in [1.54, 1.807) is 0 Å². The molecule has 1 amide bonds. The lowest BCUT2D eigenvalue weighted by molar-refractivity contribution is -0.113. The summed E-state index contributed by atoms with van der Waals surface area (Å²) in [4.78, 5) is 11.2. The van der Waals surface area contributed by atoms with Gasteiger partial charge < -0.3 is 10.6 Å². The third kappa shape index (κ3) is 3.60. The predicted octanol–water partition coefficient (Wildman–Crippen LogP) is 3.76. The fourth-order valence-electron chi connectivity index (χ4n) is 1.52. The number of hydrogen-bond acceptors (Lipinski definition) is 2. The van der Waals surface area contributed by atoms with E-state index < -0.39 is 0 Å². The highest BCUT2D eigenvalue weighted by Gasteiger charge is 1.99. The third-order valence-corrected chi connectivity index (χ3v) is 2.86. The molecule has 2 N–H and O–H groups in total. The number of carbonyl (C=O) groups excluding carboxylic acids is 1. The van der Waals surface area contributed by atoms with Crippen molar-refractivity contribution in [3.05, 3.63) is 54.6 Å². The molecule has 2 aromatic rings. The first kappa shape index (κ1) is 12.6. The van der Waals surface area contributed by atoms with Gasteiger partial charge in [0.2, 0.25) is 5.91 Å². The second-order valence-electron chi connectivity index (χ2n) is 3.75. The van der Waals surface area contributed by atoms with Crippen molar-refractivity contribution in [1.29, 1.82) is 0 Å². The van der Waals surface area contributed by atoms with Gasteiger partial charge in [-0.25, -0.2) is 0 Å². The number of rotatable bonds is 4. The molecule has 0 atom stereocenters. The van der Waals surface area contributed by atoms with E-state index >= 15 is 0 Å².